The Balaban J connectivity index is 1.59. The number of carbonyl (C=O) groups is 2. The van der Waals surface area contributed by atoms with Gasteiger partial charge in [-0.05, 0) is 37.5 Å². The first-order chi connectivity index (χ1) is 9.06. The Morgan fingerprint density at radius 1 is 1.37 bits per heavy atom. The zero-order valence-corrected chi connectivity index (χ0v) is 11.4. The van der Waals surface area contributed by atoms with Crippen molar-refractivity contribution in [2.75, 3.05) is 13.2 Å². The van der Waals surface area contributed by atoms with Crippen LogP contribution in [0.2, 0.25) is 0 Å². The summed E-state index contributed by atoms with van der Waals surface area (Å²) in [6.07, 6.45) is 7.46. The van der Waals surface area contributed by atoms with Crippen LogP contribution in [-0.4, -0.2) is 25.0 Å². The van der Waals surface area contributed by atoms with Crippen molar-refractivity contribution in [3.8, 4) is 0 Å². The Morgan fingerprint density at radius 3 is 2.74 bits per heavy atom. The van der Waals surface area contributed by atoms with Gasteiger partial charge in [0.05, 0.1) is 6.54 Å². The molecule has 3 unspecified atom stereocenters. The maximum absolute atomic E-state index is 11.8. The molecule has 0 aliphatic heterocycles. The van der Waals surface area contributed by atoms with E-state index in [0.29, 0.717) is 36.3 Å². The molecule has 104 valence electrons. The van der Waals surface area contributed by atoms with Crippen molar-refractivity contribution in [2.45, 2.75) is 26.2 Å². The zero-order valence-electron chi connectivity index (χ0n) is 11.4. The van der Waals surface area contributed by atoms with Crippen LogP contribution in [0.4, 0.5) is 0 Å². The zero-order chi connectivity index (χ0) is 13.8. The van der Waals surface area contributed by atoms with Crippen LogP contribution in [0.1, 0.15) is 26.2 Å². The molecular weight excluding hydrogens is 242 g/mol. The predicted molar refractivity (Wildman–Crippen MR) is 72.2 cm³/mol. The van der Waals surface area contributed by atoms with Crippen LogP contribution in [0.3, 0.4) is 0 Å². The van der Waals surface area contributed by atoms with E-state index in [9.17, 15) is 9.59 Å². The van der Waals surface area contributed by atoms with E-state index in [1.54, 1.807) is 6.92 Å². The van der Waals surface area contributed by atoms with Crippen molar-refractivity contribution in [1.29, 1.82) is 0 Å². The summed E-state index contributed by atoms with van der Waals surface area (Å²) in [6.45, 7) is 5.66. The molecule has 2 aliphatic rings. The van der Waals surface area contributed by atoms with Crippen molar-refractivity contribution in [3.05, 3.63) is 24.3 Å². The van der Waals surface area contributed by atoms with Crippen molar-refractivity contribution >= 4 is 11.9 Å². The Kier molecular flexibility index (Phi) is 4.40. The number of hydrogen-bond donors (Lipinski definition) is 1. The topological polar surface area (TPSA) is 55.4 Å². The highest BCUT2D eigenvalue weighted by molar-refractivity contribution is 5.86. The van der Waals surface area contributed by atoms with Crippen molar-refractivity contribution in [3.63, 3.8) is 0 Å². The highest BCUT2D eigenvalue weighted by atomic mass is 16.5. The lowest BCUT2D eigenvalue weighted by atomic mass is 9.90. The lowest BCUT2D eigenvalue weighted by Gasteiger charge is -2.17. The first-order valence-corrected chi connectivity index (χ1v) is 6.84. The minimum Gasteiger partial charge on any atom is -0.460 e. The Morgan fingerprint density at radius 2 is 2.16 bits per heavy atom. The van der Waals surface area contributed by atoms with Crippen LogP contribution in [0, 0.1) is 17.8 Å². The van der Waals surface area contributed by atoms with E-state index in [0.717, 1.165) is 6.42 Å². The Bertz CT molecular complexity index is 414. The van der Waals surface area contributed by atoms with Crippen LogP contribution < -0.4 is 5.32 Å². The second kappa shape index (κ2) is 6.04. The quantitative estimate of drug-likeness (QED) is 0.344. The molecule has 0 aromatic heterocycles. The molecule has 2 rings (SSSR count). The van der Waals surface area contributed by atoms with Gasteiger partial charge in [-0.15, -0.1) is 0 Å². The maximum atomic E-state index is 11.8. The summed E-state index contributed by atoms with van der Waals surface area (Å²) in [5.74, 6) is 1.43. The summed E-state index contributed by atoms with van der Waals surface area (Å²) >= 11 is 0. The van der Waals surface area contributed by atoms with Gasteiger partial charge in [0.2, 0.25) is 5.91 Å². The fourth-order valence-electron chi connectivity index (χ4n) is 2.90. The number of rotatable bonds is 6. The van der Waals surface area contributed by atoms with Crippen molar-refractivity contribution in [1.82, 2.24) is 5.32 Å². The third-order valence-corrected chi connectivity index (χ3v) is 3.87. The van der Waals surface area contributed by atoms with E-state index in [1.165, 1.54) is 6.42 Å². The van der Waals surface area contributed by atoms with Crippen LogP contribution in [0.5, 0.6) is 0 Å². The van der Waals surface area contributed by atoms with E-state index in [-0.39, 0.29) is 12.5 Å². The average Bonchev–Trinajstić information content (AvgIpc) is 2.96. The van der Waals surface area contributed by atoms with Crippen LogP contribution >= 0.6 is 0 Å². The van der Waals surface area contributed by atoms with Crippen molar-refractivity contribution in [2.24, 2.45) is 17.8 Å². The normalized spacial score (nSPS) is 27.3. The first-order valence-electron chi connectivity index (χ1n) is 6.84. The minimum absolute atomic E-state index is 0.0531. The van der Waals surface area contributed by atoms with Gasteiger partial charge >= 0.3 is 5.97 Å². The van der Waals surface area contributed by atoms with Gasteiger partial charge < -0.3 is 10.1 Å². The molecule has 0 radical (unpaired) electrons. The van der Waals surface area contributed by atoms with Gasteiger partial charge in [0.25, 0.3) is 0 Å². The van der Waals surface area contributed by atoms with E-state index in [1.807, 2.05) is 0 Å². The molecule has 0 saturated heterocycles. The van der Waals surface area contributed by atoms with Crippen LogP contribution in [0.25, 0.3) is 0 Å². The summed E-state index contributed by atoms with van der Waals surface area (Å²) < 4.78 is 4.91. The standard InChI is InChI=1S/C15H21NO3/c1-10(2)15(18)19-6-5-16-14(17)9-13-8-11-3-4-12(13)7-11/h3-4,11-13H,1,5-9H2,2H3,(H,16,17). The molecule has 0 aromatic carbocycles. The minimum atomic E-state index is -0.410. The molecule has 1 N–H and O–H groups in total. The summed E-state index contributed by atoms with van der Waals surface area (Å²) in [5.41, 5.74) is 0.375. The van der Waals surface area contributed by atoms with Gasteiger partial charge in [-0.3, -0.25) is 4.79 Å². The molecule has 2 bridgehead atoms. The molecule has 4 heteroatoms. The largest absolute Gasteiger partial charge is 0.460 e. The van der Waals surface area contributed by atoms with Crippen LogP contribution in [-0.2, 0) is 14.3 Å². The first kappa shape index (κ1) is 13.8. The summed E-state index contributed by atoms with van der Waals surface area (Å²) in [6, 6.07) is 0. The molecule has 0 aromatic rings. The second-order valence-electron chi connectivity index (χ2n) is 5.51. The number of esters is 1. The van der Waals surface area contributed by atoms with Gasteiger partial charge in [-0.2, -0.15) is 0 Å². The molecule has 0 heterocycles. The maximum Gasteiger partial charge on any atom is 0.333 e. The monoisotopic (exact) mass is 263 g/mol. The summed E-state index contributed by atoms with van der Waals surface area (Å²) in [4.78, 5) is 22.9. The van der Waals surface area contributed by atoms with Crippen LogP contribution in [0.15, 0.2) is 24.3 Å². The second-order valence-corrected chi connectivity index (χ2v) is 5.51. The molecule has 3 atom stereocenters. The lowest BCUT2D eigenvalue weighted by Crippen LogP contribution is -2.30. The number of amides is 1. The third kappa shape index (κ3) is 3.69. The average molecular weight is 263 g/mol. The molecule has 1 saturated carbocycles. The van der Waals surface area contributed by atoms with Crippen molar-refractivity contribution < 1.29 is 14.3 Å². The molecule has 1 amide bonds. The van der Waals surface area contributed by atoms with E-state index < -0.39 is 5.97 Å². The molecular formula is C15H21NO3. The highest BCUT2D eigenvalue weighted by Gasteiger charge is 2.36. The Labute approximate surface area is 113 Å². The summed E-state index contributed by atoms with van der Waals surface area (Å²) in [7, 11) is 0. The van der Waals surface area contributed by atoms with Gasteiger partial charge in [-0.1, -0.05) is 18.7 Å². The molecule has 19 heavy (non-hydrogen) atoms. The van der Waals surface area contributed by atoms with Gasteiger partial charge in [-0.25, -0.2) is 4.79 Å². The third-order valence-electron chi connectivity index (χ3n) is 3.87. The molecule has 1 fully saturated rings. The number of ether oxygens (including phenoxy) is 1. The van der Waals surface area contributed by atoms with Gasteiger partial charge in [0.1, 0.15) is 6.61 Å². The summed E-state index contributed by atoms with van der Waals surface area (Å²) in [5, 5.41) is 2.79. The smallest absolute Gasteiger partial charge is 0.333 e. The number of hydrogen-bond acceptors (Lipinski definition) is 3. The predicted octanol–water partition coefficient (Wildman–Crippen LogP) is 1.82. The Hall–Kier alpha value is -1.58. The highest BCUT2D eigenvalue weighted by Crippen LogP contribution is 2.44. The fraction of sp³-hybridized carbons (Fsp3) is 0.600. The number of fused-ring (bicyclic) bond motifs is 2. The van der Waals surface area contributed by atoms with E-state index in [4.69, 9.17) is 4.74 Å². The SMILES string of the molecule is C=C(C)C(=O)OCCNC(=O)CC1CC2C=CC1C2. The molecule has 2 aliphatic carbocycles. The van der Waals surface area contributed by atoms with Gasteiger partial charge in [0.15, 0.2) is 0 Å². The van der Waals surface area contributed by atoms with Gasteiger partial charge in [0, 0.05) is 12.0 Å². The number of nitrogens with one attached hydrogen (secondary N) is 1. The number of carbonyl (C=O) groups excluding carboxylic acids is 2. The lowest BCUT2D eigenvalue weighted by molar-refractivity contribution is -0.139. The fourth-order valence-corrected chi connectivity index (χ4v) is 2.90. The molecule has 0 spiro atoms. The van der Waals surface area contributed by atoms with E-state index in [2.05, 4.69) is 24.0 Å². The van der Waals surface area contributed by atoms with E-state index >= 15 is 0 Å². The number of allylic oxidation sites excluding steroid dienone is 2. The molecule has 4 nitrogen and oxygen atoms in total.